The number of halogens is 2. The van der Waals surface area contributed by atoms with E-state index in [0.717, 1.165) is 4.47 Å². The van der Waals surface area contributed by atoms with Gasteiger partial charge in [-0.15, -0.1) is 0 Å². The highest BCUT2D eigenvalue weighted by atomic mass is 79.9. The predicted molar refractivity (Wildman–Crippen MR) is 74.0 cm³/mol. The Labute approximate surface area is 118 Å². The minimum atomic E-state index is -0.459. The largest absolute Gasteiger partial charge is 0.488 e. The fourth-order valence-corrected chi connectivity index (χ4v) is 1.88. The molecule has 0 saturated carbocycles. The van der Waals surface area contributed by atoms with Crippen molar-refractivity contribution in [1.29, 1.82) is 5.26 Å². The van der Waals surface area contributed by atoms with Crippen molar-refractivity contribution < 1.29 is 9.13 Å². The van der Waals surface area contributed by atoms with E-state index in [-0.39, 0.29) is 12.2 Å². The van der Waals surface area contributed by atoms with Crippen LogP contribution in [0.1, 0.15) is 11.1 Å². The molecule has 2 aromatic rings. The Hall–Kier alpha value is -2.06. The number of benzene rings is 2. The fraction of sp³-hybridized carbons (Fsp3) is 0.0714. The van der Waals surface area contributed by atoms with Crippen molar-refractivity contribution in [1.82, 2.24) is 0 Å². The average molecular weight is 321 g/mol. The Bertz CT molecular complexity index is 652. The molecule has 0 amide bonds. The Kier molecular flexibility index (Phi) is 4.03. The number of nitrogens with zero attached hydrogens (tertiary/aromatic N) is 1. The number of hydrogen-bond donors (Lipinski definition) is 1. The Morgan fingerprint density at radius 2 is 2.05 bits per heavy atom. The second kappa shape index (κ2) is 5.72. The number of nitrogen functional groups attached to an aromatic ring is 1. The van der Waals surface area contributed by atoms with Crippen LogP contribution in [0.25, 0.3) is 0 Å². The van der Waals surface area contributed by atoms with Crippen LogP contribution in [0.2, 0.25) is 0 Å². The second-order valence-corrected chi connectivity index (χ2v) is 4.75. The summed E-state index contributed by atoms with van der Waals surface area (Å²) in [6, 6.07) is 11.3. The smallest absolute Gasteiger partial charge is 0.136 e. The molecule has 3 nitrogen and oxygen atoms in total. The highest BCUT2D eigenvalue weighted by Crippen LogP contribution is 2.28. The van der Waals surface area contributed by atoms with Crippen molar-refractivity contribution in [2.75, 3.05) is 5.73 Å². The lowest BCUT2D eigenvalue weighted by Crippen LogP contribution is -2.00. The summed E-state index contributed by atoms with van der Waals surface area (Å²) >= 11 is 3.33. The van der Waals surface area contributed by atoms with E-state index in [1.807, 2.05) is 6.07 Å². The van der Waals surface area contributed by atoms with Gasteiger partial charge in [-0.3, -0.25) is 0 Å². The molecule has 0 fully saturated rings. The molecule has 2 rings (SSSR count). The van der Waals surface area contributed by atoms with E-state index >= 15 is 0 Å². The van der Waals surface area contributed by atoms with Crippen molar-refractivity contribution in [3.05, 3.63) is 57.8 Å². The van der Waals surface area contributed by atoms with Crippen LogP contribution in [0.5, 0.6) is 5.75 Å². The lowest BCUT2D eigenvalue weighted by atomic mass is 10.1. The monoisotopic (exact) mass is 320 g/mol. The number of rotatable bonds is 3. The van der Waals surface area contributed by atoms with Gasteiger partial charge in [0.05, 0.1) is 16.1 Å². The molecule has 0 spiro atoms. The van der Waals surface area contributed by atoms with E-state index in [2.05, 4.69) is 15.9 Å². The molecule has 0 aliphatic carbocycles. The first-order valence-electron chi connectivity index (χ1n) is 5.46. The van der Waals surface area contributed by atoms with Gasteiger partial charge in [0.25, 0.3) is 0 Å². The third kappa shape index (κ3) is 3.24. The highest BCUT2D eigenvalue weighted by Gasteiger charge is 2.06. The van der Waals surface area contributed by atoms with Crippen molar-refractivity contribution >= 4 is 21.6 Å². The van der Waals surface area contributed by atoms with Gasteiger partial charge in [-0.2, -0.15) is 5.26 Å². The van der Waals surface area contributed by atoms with Crippen LogP contribution >= 0.6 is 15.9 Å². The zero-order valence-electron chi connectivity index (χ0n) is 9.86. The van der Waals surface area contributed by atoms with Crippen LogP contribution in [-0.2, 0) is 6.61 Å². The molecule has 19 heavy (non-hydrogen) atoms. The predicted octanol–water partition coefficient (Wildman–Crippen LogP) is 3.62. The molecular weight excluding hydrogens is 311 g/mol. The maximum Gasteiger partial charge on any atom is 0.136 e. The zero-order chi connectivity index (χ0) is 13.8. The van der Waals surface area contributed by atoms with Gasteiger partial charge in [-0.25, -0.2) is 4.39 Å². The van der Waals surface area contributed by atoms with Crippen molar-refractivity contribution in [3.63, 3.8) is 0 Å². The summed E-state index contributed by atoms with van der Waals surface area (Å²) in [5.74, 6) is 0.0860. The van der Waals surface area contributed by atoms with E-state index in [1.165, 1.54) is 12.1 Å². The number of nitrogens with two attached hydrogens (primary N) is 1. The van der Waals surface area contributed by atoms with E-state index in [9.17, 15) is 4.39 Å². The third-order valence-corrected chi connectivity index (χ3v) is 3.18. The standard InChI is InChI=1S/C14H10BrFN2O/c15-12-4-3-11(18)6-14(12)19-8-10-2-1-9(7-17)5-13(10)16/h1-6H,8,18H2. The van der Waals surface area contributed by atoms with Gasteiger partial charge in [0.1, 0.15) is 18.2 Å². The van der Waals surface area contributed by atoms with Gasteiger partial charge in [-0.1, -0.05) is 6.07 Å². The van der Waals surface area contributed by atoms with Gasteiger partial charge in [0.15, 0.2) is 0 Å². The number of ether oxygens (including phenoxy) is 1. The van der Waals surface area contributed by atoms with Crippen molar-refractivity contribution in [2.45, 2.75) is 6.61 Å². The SMILES string of the molecule is N#Cc1ccc(COc2cc(N)ccc2Br)c(F)c1. The van der Waals surface area contributed by atoms with Crippen LogP contribution in [0.3, 0.4) is 0 Å². The quantitative estimate of drug-likeness (QED) is 0.879. The Balaban J connectivity index is 2.15. The van der Waals surface area contributed by atoms with E-state index in [4.69, 9.17) is 15.7 Å². The first-order valence-corrected chi connectivity index (χ1v) is 6.26. The van der Waals surface area contributed by atoms with E-state index < -0.39 is 5.82 Å². The molecule has 5 heteroatoms. The van der Waals surface area contributed by atoms with Crippen LogP contribution < -0.4 is 10.5 Å². The minimum absolute atomic E-state index is 0.0690. The van der Waals surface area contributed by atoms with Gasteiger partial charge in [0, 0.05) is 17.3 Å². The van der Waals surface area contributed by atoms with Crippen LogP contribution in [0.15, 0.2) is 40.9 Å². The summed E-state index contributed by atoms with van der Waals surface area (Å²) in [6.45, 7) is 0.0690. The summed E-state index contributed by atoms with van der Waals surface area (Å²) in [5, 5.41) is 8.66. The summed E-state index contributed by atoms with van der Waals surface area (Å²) in [7, 11) is 0. The van der Waals surface area contributed by atoms with Crippen LogP contribution in [0.4, 0.5) is 10.1 Å². The van der Waals surface area contributed by atoms with Gasteiger partial charge >= 0.3 is 0 Å². The molecule has 0 bridgehead atoms. The molecule has 0 aromatic heterocycles. The van der Waals surface area contributed by atoms with Crippen LogP contribution in [-0.4, -0.2) is 0 Å². The molecule has 2 aromatic carbocycles. The normalized spacial score (nSPS) is 9.95. The minimum Gasteiger partial charge on any atom is -0.488 e. The van der Waals surface area contributed by atoms with E-state index in [1.54, 1.807) is 24.3 Å². The van der Waals surface area contributed by atoms with Gasteiger partial charge in [0.2, 0.25) is 0 Å². The van der Waals surface area contributed by atoms with E-state index in [0.29, 0.717) is 17.0 Å². The first kappa shape index (κ1) is 13.4. The summed E-state index contributed by atoms with van der Waals surface area (Å²) < 4.78 is 19.9. The Morgan fingerprint density at radius 3 is 2.74 bits per heavy atom. The second-order valence-electron chi connectivity index (χ2n) is 3.90. The number of hydrogen-bond acceptors (Lipinski definition) is 3. The highest BCUT2D eigenvalue weighted by molar-refractivity contribution is 9.10. The maximum atomic E-state index is 13.7. The maximum absolute atomic E-state index is 13.7. The Morgan fingerprint density at radius 1 is 1.26 bits per heavy atom. The first-order chi connectivity index (χ1) is 9.10. The number of anilines is 1. The molecule has 0 atom stereocenters. The zero-order valence-corrected chi connectivity index (χ0v) is 11.4. The average Bonchev–Trinajstić information content (AvgIpc) is 2.40. The van der Waals surface area contributed by atoms with Gasteiger partial charge < -0.3 is 10.5 Å². The molecule has 0 aliphatic rings. The third-order valence-electron chi connectivity index (χ3n) is 2.52. The molecule has 0 saturated heterocycles. The molecule has 0 aliphatic heterocycles. The molecule has 96 valence electrons. The van der Waals surface area contributed by atoms with Gasteiger partial charge in [-0.05, 0) is 40.2 Å². The van der Waals surface area contributed by atoms with Crippen molar-refractivity contribution in [2.24, 2.45) is 0 Å². The van der Waals surface area contributed by atoms with Crippen molar-refractivity contribution in [3.8, 4) is 11.8 Å². The summed E-state index contributed by atoms with van der Waals surface area (Å²) in [5.41, 5.74) is 6.89. The fourth-order valence-electron chi connectivity index (χ4n) is 1.52. The molecule has 0 heterocycles. The molecule has 2 N–H and O–H groups in total. The molecular formula is C14H10BrFN2O. The van der Waals surface area contributed by atoms with Crippen LogP contribution in [0, 0.1) is 17.1 Å². The lowest BCUT2D eigenvalue weighted by Gasteiger charge is -2.09. The summed E-state index contributed by atoms with van der Waals surface area (Å²) in [6.07, 6.45) is 0. The topological polar surface area (TPSA) is 59.0 Å². The molecule has 0 radical (unpaired) electrons. The molecule has 0 unspecified atom stereocenters. The summed E-state index contributed by atoms with van der Waals surface area (Å²) in [4.78, 5) is 0. The lowest BCUT2D eigenvalue weighted by molar-refractivity contribution is 0.298. The number of nitriles is 1.